The van der Waals surface area contributed by atoms with Crippen molar-refractivity contribution in [1.29, 1.82) is 0 Å². The zero-order chi connectivity index (χ0) is 13.2. The van der Waals surface area contributed by atoms with Crippen molar-refractivity contribution in [2.45, 2.75) is 31.1 Å². The summed E-state index contributed by atoms with van der Waals surface area (Å²) in [5.74, 6) is 0.839. The van der Waals surface area contributed by atoms with E-state index in [9.17, 15) is 4.39 Å². The van der Waals surface area contributed by atoms with Crippen LogP contribution in [-0.4, -0.2) is 29.6 Å². The molecule has 2 nitrogen and oxygen atoms in total. The molecule has 1 aliphatic heterocycles. The van der Waals surface area contributed by atoms with Crippen LogP contribution in [0.25, 0.3) is 0 Å². The first kappa shape index (κ1) is 13.7. The standard InChI is InChI=1S/C14H21FN2S/c1-3-17(13-6-4-5-12(15)7-13)14(9-16)8-11(2)18-10-14/h4-7,11H,3,8-10,16H2,1-2H3. The molecule has 0 aromatic heterocycles. The van der Waals surface area contributed by atoms with Crippen LogP contribution in [0.3, 0.4) is 0 Å². The van der Waals surface area contributed by atoms with E-state index in [0.717, 1.165) is 24.4 Å². The fourth-order valence-electron chi connectivity index (χ4n) is 2.83. The van der Waals surface area contributed by atoms with E-state index in [2.05, 4.69) is 18.7 Å². The number of thioether (sulfide) groups is 1. The first-order valence-corrected chi connectivity index (χ1v) is 7.51. The molecule has 0 saturated carbocycles. The second kappa shape index (κ2) is 5.49. The molecule has 2 rings (SSSR count). The molecule has 1 aromatic carbocycles. The van der Waals surface area contributed by atoms with Crippen LogP contribution in [0, 0.1) is 5.82 Å². The van der Waals surface area contributed by atoms with Gasteiger partial charge >= 0.3 is 0 Å². The molecule has 1 saturated heterocycles. The molecule has 2 N–H and O–H groups in total. The second-order valence-corrected chi connectivity index (χ2v) is 6.41. The monoisotopic (exact) mass is 268 g/mol. The lowest BCUT2D eigenvalue weighted by molar-refractivity contribution is 0.429. The van der Waals surface area contributed by atoms with Gasteiger partial charge in [-0.15, -0.1) is 0 Å². The lowest BCUT2D eigenvalue weighted by atomic mass is 9.93. The summed E-state index contributed by atoms with van der Waals surface area (Å²) in [5, 5.41) is 0.621. The van der Waals surface area contributed by atoms with Crippen molar-refractivity contribution >= 4 is 17.4 Å². The maximum atomic E-state index is 13.4. The Morgan fingerprint density at radius 2 is 2.33 bits per heavy atom. The van der Waals surface area contributed by atoms with Crippen molar-refractivity contribution in [1.82, 2.24) is 0 Å². The molecule has 2 unspecified atom stereocenters. The molecule has 4 heteroatoms. The van der Waals surface area contributed by atoms with Crippen LogP contribution in [0.4, 0.5) is 10.1 Å². The van der Waals surface area contributed by atoms with Crippen LogP contribution in [-0.2, 0) is 0 Å². The largest absolute Gasteiger partial charge is 0.364 e. The van der Waals surface area contributed by atoms with Gasteiger partial charge in [-0.2, -0.15) is 11.8 Å². The van der Waals surface area contributed by atoms with E-state index in [1.165, 1.54) is 6.07 Å². The fourth-order valence-corrected chi connectivity index (χ4v) is 4.24. The Morgan fingerprint density at radius 1 is 1.56 bits per heavy atom. The molecule has 1 heterocycles. The topological polar surface area (TPSA) is 29.3 Å². The lowest BCUT2D eigenvalue weighted by Crippen LogP contribution is -2.54. The van der Waals surface area contributed by atoms with E-state index in [1.807, 2.05) is 17.8 Å². The van der Waals surface area contributed by atoms with Crippen molar-refractivity contribution in [3.63, 3.8) is 0 Å². The molecule has 18 heavy (non-hydrogen) atoms. The van der Waals surface area contributed by atoms with Gasteiger partial charge in [0.15, 0.2) is 0 Å². The number of likely N-dealkylation sites (N-methyl/N-ethyl adjacent to an activating group) is 1. The van der Waals surface area contributed by atoms with E-state index in [0.29, 0.717) is 11.8 Å². The first-order chi connectivity index (χ1) is 8.61. The maximum Gasteiger partial charge on any atom is 0.125 e. The fraction of sp³-hybridized carbons (Fsp3) is 0.571. The van der Waals surface area contributed by atoms with E-state index in [4.69, 9.17) is 5.73 Å². The minimum absolute atomic E-state index is 0.0212. The van der Waals surface area contributed by atoms with Gasteiger partial charge in [0.25, 0.3) is 0 Å². The van der Waals surface area contributed by atoms with Crippen LogP contribution < -0.4 is 10.6 Å². The van der Waals surface area contributed by atoms with E-state index >= 15 is 0 Å². The predicted molar refractivity (Wildman–Crippen MR) is 77.7 cm³/mol. The molecule has 1 fully saturated rings. The number of rotatable bonds is 4. The van der Waals surface area contributed by atoms with Crippen molar-refractivity contribution in [3.05, 3.63) is 30.1 Å². The molecule has 0 bridgehead atoms. The Balaban J connectivity index is 2.32. The Bertz CT molecular complexity index is 413. The number of anilines is 1. The third kappa shape index (κ3) is 2.50. The molecular weight excluding hydrogens is 247 g/mol. The van der Waals surface area contributed by atoms with Crippen LogP contribution in [0.1, 0.15) is 20.3 Å². The Hall–Kier alpha value is -0.740. The summed E-state index contributed by atoms with van der Waals surface area (Å²) in [4.78, 5) is 2.27. The SMILES string of the molecule is CCN(c1cccc(F)c1)C1(CN)CSC(C)C1. The second-order valence-electron chi connectivity index (χ2n) is 4.98. The number of halogens is 1. The third-order valence-electron chi connectivity index (χ3n) is 3.69. The van der Waals surface area contributed by atoms with E-state index in [-0.39, 0.29) is 11.4 Å². The van der Waals surface area contributed by atoms with Crippen LogP contribution in [0.5, 0.6) is 0 Å². The van der Waals surface area contributed by atoms with Crippen molar-refractivity contribution in [3.8, 4) is 0 Å². The summed E-state index contributed by atoms with van der Waals surface area (Å²) in [6, 6.07) is 6.83. The van der Waals surface area contributed by atoms with Crippen molar-refractivity contribution in [2.24, 2.45) is 5.73 Å². The van der Waals surface area contributed by atoms with Crippen molar-refractivity contribution < 1.29 is 4.39 Å². The van der Waals surface area contributed by atoms with Gasteiger partial charge in [0.2, 0.25) is 0 Å². The summed E-state index contributed by atoms with van der Waals surface area (Å²) in [6.07, 6.45) is 1.07. The minimum atomic E-state index is -0.184. The average Bonchev–Trinajstić information content (AvgIpc) is 2.73. The molecular formula is C14H21FN2S. The van der Waals surface area contributed by atoms with E-state index < -0.39 is 0 Å². The Morgan fingerprint density at radius 3 is 2.83 bits per heavy atom. The first-order valence-electron chi connectivity index (χ1n) is 6.46. The van der Waals surface area contributed by atoms with Gasteiger partial charge in [-0.1, -0.05) is 13.0 Å². The van der Waals surface area contributed by atoms with Gasteiger partial charge in [0, 0.05) is 29.8 Å². The number of nitrogens with two attached hydrogens (primary N) is 1. The molecule has 2 atom stereocenters. The summed E-state index contributed by atoms with van der Waals surface area (Å²) in [6.45, 7) is 5.82. The maximum absolute atomic E-state index is 13.4. The van der Waals surface area contributed by atoms with Crippen LogP contribution in [0.15, 0.2) is 24.3 Å². The van der Waals surface area contributed by atoms with E-state index in [1.54, 1.807) is 12.1 Å². The molecule has 0 amide bonds. The lowest BCUT2D eigenvalue weighted by Gasteiger charge is -2.41. The van der Waals surface area contributed by atoms with Gasteiger partial charge in [-0.25, -0.2) is 4.39 Å². The smallest absolute Gasteiger partial charge is 0.125 e. The number of hydrogen-bond donors (Lipinski definition) is 1. The summed E-state index contributed by atoms with van der Waals surface area (Å²) in [7, 11) is 0. The number of benzene rings is 1. The molecule has 0 radical (unpaired) electrons. The highest BCUT2D eigenvalue weighted by atomic mass is 32.2. The highest BCUT2D eigenvalue weighted by Crippen LogP contribution is 2.40. The quantitative estimate of drug-likeness (QED) is 0.910. The molecule has 1 aromatic rings. The Labute approximate surface area is 113 Å². The zero-order valence-corrected chi connectivity index (χ0v) is 11.8. The highest BCUT2D eigenvalue weighted by Gasteiger charge is 2.41. The van der Waals surface area contributed by atoms with Gasteiger partial charge < -0.3 is 10.6 Å². The minimum Gasteiger partial charge on any atom is -0.364 e. The van der Waals surface area contributed by atoms with Crippen LogP contribution >= 0.6 is 11.8 Å². The summed E-state index contributed by atoms with van der Waals surface area (Å²) in [5.41, 5.74) is 6.96. The summed E-state index contributed by atoms with van der Waals surface area (Å²) >= 11 is 1.96. The third-order valence-corrected chi connectivity index (χ3v) is 5.13. The van der Waals surface area contributed by atoms with Crippen molar-refractivity contribution in [2.75, 3.05) is 23.7 Å². The average molecular weight is 268 g/mol. The predicted octanol–water partition coefficient (Wildman–Crippen LogP) is 2.87. The summed E-state index contributed by atoms with van der Waals surface area (Å²) < 4.78 is 13.4. The highest BCUT2D eigenvalue weighted by molar-refractivity contribution is 8.00. The zero-order valence-electron chi connectivity index (χ0n) is 11.0. The normalized spacial score (nSPS) is 27.4. The molecule has 100 valence electrons. The number of hydrogen-bond acceptors (Lipinski definition) is 3. The van der Waals surface area contributed by atoms with Gasteiger partial charge in [0.1, 0.15) is 5.82 Å². The molecule has 0 spiro atoms. The van der Waals surface area contributed by atoms with Gasteiger partial charge in [0.05, 0.1) is 5.54 Å². The molecule has 1 aliphatic rings. The van der Waals surface area contributed by atoms with Gasteiger partial charge in [-0.05, 0) is 31.5 Å². The van der Waals surface area contributed by atoms with Crippen LogP contribution in [0.2, 0.25) is 0 Å². The number of nitrogens with zero attached hydrogens (tertiary/aromatic N) is 1. The van der Waals surface area contributed by atoms with Gasteiger partial charge in [-0.3, -0.25) is 0 Å². The Kier molecular flexibility index (Phi) is 4.17. The molecule has 0 aliphatic carbocycles.